The van der Waals surface area contributed by atoms with Crippen molar-refractivity contribution in [1.29, 1.82) is 0 Å². The first-order valence-electron chi connectivity index (χ1n) is 6.60. The minimum Gasteiger partial charge on any atom is -0.338 e. The number of hydrogen-bond acceptors (Lipinski definition) is 2. The lowest BCUT2D eigenvalue weighted by Crippen LogP contribution is -2.18. The second kappa shape index (κ2) is 6.87. The quantitative estimate of drug-likeness (QED) is 0.889. The number of imidazole rings is 1. The highest BCUT2D eigenvalue weighted by atomic mass is 79.9. The Morgan fingerprint density at radius 2 is 2.16 bits per heavy atom. The lowest BCUT2D eigenvalue weighted by molar-refractivity contribution is 0.483. The Bertz CT molecular complexity index is 522. The summed E-state index contributed by atoms with van der Waals surface area (Å²) in [6.45, 7) is 0.714. The molecule has 102 valence electrons. The molecule has 0 saturated carbocycles. The number of benzene rings is 1. The number of rotatable bonds is 6. The zero-order valence-corrected chi connectivity index (χ0v) is 12.8. The van der Waals surface area contributed by atoms with Crippen molar-refractivity contribution in [2.24, 2.45) is 18.7 Å². The average Bonchev–Trinajstić information content (AvgIpc) is 2.82. The highest BCUT2D eigenvalue weighted by Crippen LogP contribution is 2.21. The fraction of sp³-hybridized carbons (Fsp3) is 0.400. The molecule has 0 aliphatic carbocycles. The molecule has 1 atom stereocenters. The standard InChI is InChI=1S/C15H20BrN3/c1-19-9-8-18-15(19)7-6-12(11-17)10-13-4-2-3-5-14(13)16/h2-5,8-9,12H,6-7,10-11,17H2,1H3. The lowest BCUT2D eigenvalue weighted by Gasteiger charge is -2.15. The van der Waals surface area contributed by atoms with Gasteiger partial charge in [0, 0.05) is 30.3 Å². The second-order valence-electron chi connectivity index (χ2n) is 4.89. The third-order valence-electron chi connectivity index (χ3n) is 3.50. The molecule has 1 aromatic heterocycles. The largest absolute Gasteiger partial charge is 0.338 e. The summed E-state index contributed by atoms with van der Waals surface area (Å²) in [5.41, 5.74) is 7.24. The molecule has 1 heterocycles. The van der Waals surface area contributed by atoms with Crippen molar-refractivity contribution < 1.29 is 0 Å². The van der Waals surface area contributed by atoms with Gasteiger partial charge in [-0.1, -0.05) is 34.1 Å². The molecular weight excluding hydrogens is 302 g/mol. The Morgan fingerprint density at radius 3 is 2.79 bits per heavy atom. The van der Waals surface area contributed by atoms with Crippen LogP contribution in [0.5, 0.6) is 0 Å². The summed E-state index contributed by atoms with van der Waals surface area (Å²) in [5, 5.41) is 0. The van der Waals surface area contributed by atoms with Gasteiger partial charge >= 0.3 is 0 Å². The van der Waals surface area contributed by atoms with Crippen molar-refractivity contribution >= 4 is 15.9 Å². The van der Waals surface area contributed by atoms with Gasteiger partial charge in [0.15, 0.2) is 0 Å². The lowest BCUT2D eigenvalue weighted by atomic mass is 9.95. The Balaban J connectivity index is 1.94. The first-order chi connectivity index (χ1) is 9.20. The van der Waals surface area contributed by atoms with Gasteiger partial charge in [-0.15, -0.1) is 0 Å². The van der Waals surface area contributed by atoms with Gasteiger partial charge in [-0.3, -0.25) is 0 Å². The minimum absolute atomic E-state index is 0.496. The molecule has 1 unspecified atom stereocenters. The number of nitrogens with zero attached hydrogens (tertiary/aromatic N) is 2. The molecule has 4 heteroatoms. The van der Waals surface area contributed by atoms with Crippen molar-refractivity contribution in [3.05, 3.63) is 52.5 Å². The molecule has 0 fully saturated rings. The van der Waals surface area contributed by atoms with Crippen molar-refractivity contribution in [2.45, 2.75) is 19.3 Å². The Hall–Kier alpha value is -1.13. The molecule has 0 saturated heterocycles. The normalized spacial score (nSPS) is 12.6. The molecule has 0 aliphatic heterocycles. The van der Waals surface area contributed by atoms with Gasteiger partial charge in [0.1, 0.15) is 5.82 Å². The van der Waals surface area contributed by atoms with Crippen LogP contribution in [-0.2, 0) is 19.9 Å². The number of aryl methyl sites for hydroxylation is 2. The maximum atomic E-state index is 5.91. The fourth-order valence-corrected chi connectivity index (χ4v) is 2.70. The smallest absolute Gasteiger partial charge is 0.108 e. The molecule has 0 radical (unpaired) electrons. The number of aromatic nitrogens is 2. The van der Waals surface area contributed by atoms with Gasteiger partial charge < -0.3 is 10.3 Å². The van der Waals surface area contributed by atoms with Crippen molar-refractivity contribution in [2.75, 3.05) is 6.54 Å². The van der Waals surface area contributed by atoms with Gasteiger partial charge in [0.05, 0.1) is 0 Å². The minimum atomic E-state index is 0.496. The summed E-state index contributed by atoms with van der Waals surface area (Å²) in [6.07, 6.45) is 6.90. The van der Waals surface area contributed by atoms with E-state index in [2.05, 4.69) is 43.7 Å². The molecule has 3 nitrogen and oxygen atoms in total. The molecule has 2 rings (SSSR count). The summed E-state index contributed by atoms with van der Waals surface area (Å²) >= 11 is 3.60. The Labute approximate surface area is 123 Å². The van der Waals surface area contributed by atoms with Crippen LogP contribution in [0.25, 0.3) is 0 Å². The van der Waals surface area contributed by atoms with Gasteiger partial charge in [-0.25, -0.2) is 4.98 Å². The van der Waals surface area contributed by atoms with Crippen LogP contribution in [-0.4, -0.2) is 16.1 Å². The van der Waals surface area contributed by atoms with E-state index in [0.29, 0.717) is 12.5 Å². The third kappa shape index (κ3) is 3.91. The summed E-state index contributed by atoms with van der Waals surface area (Å²) in [5.74, 6) is 1.63. The van der Waals surface area contributed by atoms with Crippen LogP contribution in [0.4, 0.5) is 0 Å². The molecule has 19 heavy (non-hydrogen) atoms. The topological polar surface area (TPSA) is 43.8 Å². The molecular formula is C15H20BrN3. The predicted molar refractivity (Wildman–Crippen MR) is 81.9 cm³/mol. The van der Waals surface area contributed by atoms with E-state index in [1.54, 1.807) is 0 Å². The zero-order valence-electron chi connectivity index (χ0n) is 11.2. The summed E-state index contributed by atoms with van der Waals surface area (Å²) in [7, 11) is 2.04. The number of halogens is 1. The molecule has 0 spiro atoms. The van der Waals surface area contributed by atoms with Crippen LogP contribution in [0.1, 0.15) is 17.8 Å². The van der Waals surface area contributed by atoms with Gasteiger partial charge in [0.25, 0.3) is 0 Å². The van der Waals surface area contributed by atoms with Crippen LogP contribution in [0.15, 0.2) is 41.1 Å². The fourth-order valence-electron chi connectivity index (χ4n) is 2.25. The molecule has 2 aromatic rings. The van der Waals surface area contributed by atoms with E-state index in [0.717, 1.165) is 25.1 Å². The summed E-state index contributed by atoms with van der Waals surface area (Å²) < 4.78 is 3.25. The van der Waals surface area contributed by atoms with Crippen LogP contribution < -0.4 is 5.73 Å². The average molecular weight is 322 g/mol. The van der Waals surface area contributed by atoms with E-state index < -0.39 is 0 Å². The second-order valence-corrected chi connectivity index (χ2v) is 5.74. The molecule has 0 bridgehead atoms. The third-order valence-corrected chi connectivity index (χ3v) is 4.27. The van der Waals surface area contributed by atoms with Crippen molar-refractivity contribution in [1.82, 2.24) is 9.55 Å². The van der Waals surface area contributed by atoms with Crippen LogP contribution in [0.2, 0.25) is 0 Å². The summed E-state index contributed by atoms with van der Waals surface area (Å²) in [4.78, 5) is 4.36. The number of hydrogen-bond donors (Lipinski definition) is 1. The zero-order chi connectivity index (χ0) is 13.7. The molecule has 0 amide bonds. The van der Waals surface area contributed by atoms with E-state index in [-0.39, 0.29) is 0 Å². The van der Waals surface area contributed by atoms with Gasteiger partial charge in [-0.05, 0) is 36.9 Å². The Kier molecular flexibility index (Phi) is 5.16. The van der Waals surface area contributed by atoms with Crippen molar-refractivity contribution in [3.8, 4) is 0 Å². The molecule has 0 aliphatic rings. The van der Waals surface area contributed by atoms with E-state index in [9.17, 15) is 0 Å². The SMILES string of the molecule is Cn1ccnc1CCC(CN)Cc1ccccc1Br. The monoisotopic (exact) mass is 321 g/mol. The van der Waals surface area contributed by atoms with Crippen molar-refractivity contribution in [3.63, 3.8) is 0 Å². The maximum absolute atomic E-state index is 5.91. The van der Waals surface area contributed by atoms with Gasteiger partial charge in [0.2, 0.25) is 0 Å². The first kappa shape index (κ1) is 14.3. The highest BCUT2D eigenvalue weighted by molar-refractivity contribution is 9.10. The van der Waals surface area contributed by atoms with E-state index in [4.69, 9.17) is 5.73 Å². The maximum Gasteiger partial charge on any atom is 0.108 e. The molecule has 1 aromatic carbocycles. The van der Waals surface area contributed by atoms with E-state index >= 15 is 0 Å². The van der Waals surface area contributed by atoms with Crippen LogP contribution >= 0.6 is 15.9 Å². The first-order valence-corrected chi connectivity index (χ1v) is 7.39. The Morgan fingerprint density at radius 1 is 1.37 bits per heavy atom. The number of nitrogens with two attached hydrogens (primary N) is 1. The predicted octanol–water partition coefficient (Wildman–Crippen LogP) is 2.93. The van der Waals surface area contributed by atoms with Crippen LogP contribution in [0.3, 0.4) is 0 Å². The summed E-state index contributed by atoms with van der Waals surface area (Å²) in [6, 6.07) is 8.36. The van der Waals surface area contributed by atoms with Gasteiger partial charge in [-0.2, -0.15) is 0 Å². The van der Waals surface area contributed by atoms with E-state index in [1.165, 1.54) is 10.0 Å². The highest BCUT2D eigenvalue weighted by Gasteiger charge is 2.11. The van der Waals surface area contributed by atoms with Crippen LogP contribution in [0, 0.1) is 5.92 Å². The molecule has 2 N–H and O–H groups in total. The van der Waals surface area contributed by atoms with E-state index in [1.807, 2.05) is 25.5 Å².